The molecule has 0 saturated carbocycles. The molecule has 0 saturated heterocycles. The fourth-order valence-electron chi connectivity index (χ4n) is 1.70. The summed E-state index contributed by atoms with van der Waals surface area (Å²) >= 11 is 13.2. The minimum absolute atomic E-state index is 0.284. The highest BCUT2D eigenvalue weighted by atomic mass is 35.5. The van der Waals surface area contributed by atoms with Crippen molar-refractivity contribution in [2.45, 2.75) is 12.8 Å². The van der Waals surface area contributed by atoms with E-state index in [1.165, 1.54) is 11.3 Å². The molecule has 1 unspecified atom stereocenters. The molecule has 19 heavy (non-hydrogen) atoms. The van der Waals surface area contributed by atoms with E-state index >= 15 is 0 Å². The summed E-state index contributed by atoms with van der Waals surface area (Å²) in [4.78, 5) is 12.8. The van der Waals surface area contributed by atoms with Crippen molar-refractivity contribution >= 4 is 40.3 Å². The molecule has 1 heterocycles. The predicted molar refractivity (Wildman–Crippen MR) is 78.2 cm³/mol. The van der Waals surface area contributed by atoms with Gasteiger partial charge in [-0.2, -0.15) is 5.26 Å². The van der Waals surface area contributed by atoms with Crippen molar-refractivity contribution in [2.75, 3.05) is 0 Å². The van der Waals surface area contributed by atoms with Crippen molar-refractivity contribution in [1.82, 2.24) is 0 Å². The number of ketones is 1. The number of nitrogens with zero attached hydrogens (tertiary/aromatic N) is 1. The second-order valence-electron chi connectivity index (χ2n) is 4.04. The maximum atomic E-state index is 12.4. The molecule has 2 nitrogen and oxygen atoms in total. The largest absolute Gasteiger partial charge is 0.291 e. The molecule has 0 fully saturated rings. The van der Waals surface area contributed by atoms with Gasteiger partial charge in [-0.25, -0.2) is 0 Å². The molecule has 1 atom stereocenters. The number of hydrogen-bond acceptors (Lipinski definition) is 3. The van der Waals surface area contributed by atoms with E-state index < -0.39 is 5.92 Å². The van der Waals surface area contributed by atoms with Crippen LogP contribution in [0.1, 0.15) is 26.7 Å². The van der Waals surface area contributed by atoms with Gasteiger partial charge in [-0.15, -0.1) is 11.3 Å². The SMILES string of the molecule is Cc1csc(C(=O)C(C#N)c2cccc(Cl)c2)c1Cl. The van der Waals surface area contributed by atoms with Crippen LogP contribution in [0.2, 0.25) is 10.0 Å². The van der Waals surface area contributed by atoms with E-state index in [-0.39, 0.29) is 5.78 Å². The molecule has 2 rings (SSSR count). The first kappa shape index (κ1) is 14.1. The van der Waals surface area contributed by atoms with Crippen LogP contribution < -0.4 is 0 Å². The standard InChI is InChI=1S/C14H9Cl2NOS/c1-8-7-19-14(12(8)16)13(18)11(6-17)9-3-2-4-10(15)5-9/h2-5,7,11H,1H3. The third-order valence-electron chi connectivity index (χ3n) is 2.70. The summed E-state index contributed by atoms with van der Waals surface area (Å²) < 4.78 is 0. The summed E-state index contributed by atoms with van der Waals surface area (Å²) in [7, 11) is 0. The highest BCUT2D eigenvalue weighted by Crippen LogP contribution is 2.32. The lowest BCUT2D eigenvalue weighted by Crippen LogP contribution is -2.10. The zero-order valence-electron chi connectivity index (χ0n) is 9.98. The van der Waals surface area contributed by atoms with Gasteiger partial charge in [0.2, 0.25) is 0 Å². The van der Waals surface area contributed by atoms with Crippen LogP contribution in [0.4, 0.5) is 0 Å². The van der Waals surface area contributed by atoms with E-state index in [0.29, 0.717) is 20.5 Å². The molecule has 1 aromatic heterocycles. The van der Waals surface area contributed by atoms with Gasteiger partial charge in [0.15, 0.2) is 5.78 Å². The minimum atomic E-state index is -0.880. The van der Waals surface area contributed by atoms with Gasteiger partial charge in [0.25, 0.3) is 0 Å². The summed E-state index contributed by atoms with van der Waals surface area (Å²) in [5, 5.41) is 12.0. The number of thiophene rings is 1. The third-order valence-corrected chi connectivity index (χ3v) is 4.64. The van der Waals surface area contributed by atoms with Gasteiger partial charge < -0.3 is 0 Å². The Morgan fingerprint density at radius 3 is 2.68 bits per heavy atom. The molecule has 0 spiro atoms. The average Bonchev–Trinajstić information content (AvgIpc) is 2.71. The lowest BCUT2D eigenvalue weighted by Gasteiger charge is -2.08. The molecule has 2 aromatic rings. The Labute approximate surface area is 125 Å². The first-order valence-corrected chi connectivity index (χ1v) is 7.11. The number of carbonyl (C=O) groups is 1. The van der Waals surface area contributed by atoms with Crippen LogP contribution in [0.3, 0.4) is 0 Å². The van der Waals surface area contributed by atoms with Gasteiger partial charge >= 0.3 is 0 Å². The van der Waals surface area contributed by atoms with Crippen molar-refractivity contribution in [3.8, 4) is 6.07 Å². The van der Waals surface area contributed by atoms with Crippen molar-refractivity contribution in [2.24, 2.45) is 0 Å². The Morgan fingerprint density at radius 1 is 1.42 bits per heavy atom. The second-order valence-corrected chi connectivity index (χ2v) is 5.74. The normalized spacial score (nSPS) is 11.9. The Hall–Kier alpha value is -1.34. The first-order chi connectivity index (χ1) is 9.04. The van der Waals surface area contributed by atoms with E-state index in [2.05, 4.69) is 0 Å². The molecule has 0 bridgehead atoms. The topological polar surface area (TPSA) is 40.9 Å². The fourth-order valence-corrected chi connectivity index (χ4v) is 3.15. The summed E-state index contributed by atoms with van der Waals surface area (Å²) in [5.41, 5.74) is 1.43. The zero-order valence-corrected chi connectivity index (χ0v) is 12.3. The van der Waals surface area contributed by atoms with Crippen molar-refractivity contribution in [3.63, 3.8) is 0 Å². The summed E-state index contributed by atoms with van der Waals surface area (Å²) in [5.74, 6) is -1.16. The fraction of sp³-hybridized carbons (Fsp3) is 0.143. The van der Waals surface area contributed by atoms with E-state index in [4.69, 9.17) is 23.2 Å². The Balaban J connectivity index is 2.41. The Morgan fingerprint density at radius 2 is 2.16 bits per heavy atom. The maximum Gasteiger partial charge on any atom is 0.195 e. The zero-order chi connectivity index (χ0) is 14.0. The number of rotatable bonds is 3. The summed E-state index contributed by atoms with van der Waals surface area (Å²) in [6.07, 6.45) is 0. The van der Waals surface area contributed by atoms with Crippen molar-refractivity contribution in [1.29, 1.82) is 5.26 Å². The minimum Gasteiger partial charge on any atom is -0.291 e. The Kier molecular flexibility index (Phi) is 4.26. The summed E-state index contributed by atoms with van der Waals surface area (Å²) in [6, 6.07) is 8.78. The van der Waals surface area contributed by atoms with Crippen LogP contribution in [0.25, 0.3) is 0 Å². The number of Topliss-reactive ketones (excluding diaryl/α,β-unsaturated/α-hetero) is 1. The molecule has 1 aromatic carbocycles. The molecule has 0 aliphatic heterocycles. The van der Waals surface area contributed by atoms with Crippen LogP contribution >= 0.6 is 34.5 Å². The van der Waals surface area contributed by atoms with Crippen LogP contribution in [-0.4, -0.2) is 5.78 Å². The molecule has 5 heteroatoms. The third kappa shape index (κ3) is 2.82. The molecule has 96 valence electrons. The van der Waals surface area contributed by atoms with Crippen LogP contribution in [0.5, 0.6) is 0 Å². The number of hydrogen-bond donors (Lipinski definition) is 0. The lowest BCUT2D eigenvalue weighted by molar-refractivity contribution is 0.0983. The highest BCUT2D eigenvalue weighted by molar-refractivity contribution is 7.13. The van der Waals surface area contributed by atoms with Crippen molar-refractivity contribution in [3.05, 3.63) is 55.7 Å². The number of halogens is 2. The predicted octanol–water partition coefficient (Wildman–Crippen LogP) is 4.85. The number of nitriles is 1. The van der Waals surface area contributed by atoms with Crippen molar-refractivity contribution < 1.29 is 4.79 Å². The molecule has 0 N–H and O–H groups in total. The number of carbonyl (C=O) groups excluding carboxylic acids is 1. The molecule has 0 aliphatic carbocycles. The van der Waals surface area contributed by atoms with Gasteiger partial charge in [0.1, 0.15) is 5.92 Å². The molecule has 0 amide bonds. The molecule has 0 radical (unpaired) electrons. The lowest BCUT2D eigenvalue weighted by atomic mass is 9.95. The van der Waals surface area contributed by atoms with Gasteiger partial charge in [0.05, 0.1) is 16.0 Å². The van der Waals surface area contributed by atoms with Gasteiger partial charge in [-0.1, -0.05) is 35.3 Å². The van der Waals surface area contributed by atoms with Gasteiger partial charge in [0, 0.05) is 5.02 Å². The number of aryl methyl sites for hydroxylation is 1. The average molecular weight is 310 g/mol. The number of benzene rings is 1. The van der Waals surface area contributed by atoms with E-state index in [1.54, 1.807) is 24.3 Å². The first-order valence-electron chi connectivity index (χ1n) is 5.47. The van der Waals surface area contributed by atoms with Crippen LogP contribution in [-0.2, 0) is 0 Å². The smallest absolute Gasteiger partial charge is 0.195 e. The van der Waals surface area contributed by atoms with E-state index in [1.807, 2.05) is 18.4 Å². The van der Waals surface area contributed by atoms with Crippen LogP contribution in [0.15, 0.2) is 29.6 Å². The highest BCUT2D eigenvalue weighted by Gasteiger charge is 2.25. The monoisotopic (exact) mass is 309 g/mol. The maximum absolute atomic E-state index is 12.4. The molecular formula is C14H9Cl2NOS. The summed E-state index contributed by atoms with van der Waals surface area (Å²) in [6.45, 7) is 1.83. The quantitative estimate of drug-likeness (QED) is 0.760. The van der Waals surface area contributed by atoms with E-state index in [9.17, 15) is 10.1 Å². The van der Waals surface area contributed by atoms with Gasteiger partial charge in [-0.3, -0.25) is 4.79 Å². The van der Waals surface area contributed by atoms with E-state index in [0.717, 1.165) is 5.56 Å². The Bertz CT molecular complexity index is 672. The molecular weight excluding hydrogens is 301 g/mol. The molecule has 0 aliphatic rings. The van der Waals surface area contributed by atoms with Crippen LogP contribution in [0, 0.1) is 18.3 Å². The van der Waals surface area contributed by atoms with Gasteiger partial charge in [-0.05, 0) is 35.6 Å². The second kappa shape index (κ2) is 5.75.